The highest BCUT2D eigenvalue weighted by Gasteiger charge is 2.24. The number of ether oxygens (including phenoxy) is 2. The molecule has 1 aliphatic rings. The first-order valence-corrected chi connectivity index (χ1v) is 9.55. The molecule has 140 valence electrons. The number of anilines is 1. The Balaban J connectivity index is 1.30. The van der Waals surface area contributed by atoms with Crippen LogP contribution in [0.1, 0.15) is 34.7 Å². The molecule has 3 aromatic rings. The van der Waals surface area contributed by atoms with Crippen LogP contribution in [-0.4, -0.2) is 22.7 Å². The Kier molecular flexibility index (Phi) is 5.17. The first-order chi connectivity index (χ1) is 13.2. The summed E-state index contributed by atoms with van der Waals surface area (Å²) >= 11 is 1.65. The van der Waals surface area contributed by atoms with Crippen molar-refractivity contribution in [1.29, 1.82) is 0 Å². The number of benzene rings is 1. The van der Waals surface area contributed by atoms with Crippen molar-refractivity contribution in [3.8, 4) is 5.75 Å². The van der Waals surface area contributed by atoms with E-state index in [9.17, 15) is 4.79 Å². The predicted molar refractivity (Wildman–Crippen MR) is 99.8 cm³/mol. The normalized spacial score (nSPS) is 16.0. The van der Waals surface area contributed by atoms with Gasteiger partial charge in [0.05, 0.1) is 13.0 Å². The Morgan fingerprint density at radius 2 is 2.19 bits per heavy atom. The van der Waals surface area contributed by atoms with Crippen molar-refractivity contribution in [3.63, 3.8) is 0 Å². The molecule has 0 fully saturated rings. The van der Waals surface area contributed by atoms with Crippen molar-refractivity contribution >= 4 is 22.9 Å². The molecule has 1 N–H and O–H groups in total. The van der Waals surface area contributed by atoms with Crippen LogP contribution < -0.4 is 10.1 Å². The molecule has 1 aliphatic heterocycles. The summed E-state index contributed by atoms with van der Waals surface area (Å²) in [5.41, 5.74) is 2.00. The molecule has 1 amide bonds. The fourth-order valence-electron chi connectivity index (χ4n) is 2.93. The van der Waals surface area contributed by atoms with E-state index in [2.05, 4.69) is 26.9 Å². The smallest absolute Gasteiger partial charge is 0.264 e. The lowest BCUT2D eigenvalue weighted by Crippen LogP contribution is -2.21. The third-order valence-electron chi connectivity index (χ3n) is 4.20. The van der Waals surface area contributed by atoms with Gasteiger partial charge >= 0.3 is 0 Å². The average molecular weight is 385 g/mol. The lowest BCUT2D eigenvalue weighted by molar-refractivity contribution is -0.119. The molecule has 4 rings (SSSR count). The second-order valence-corrected chi connectivity index (χ2v) is 7.17. The third kappa shape index (κ3) is 4.35. The van der Waals surface area contributed by atoms with Gasteiger partial charge in [0.2, 0.25) is 5.91 Å². The maximum atomic E-state index is 12.4. The molecule has 0 aliphatic carbocycles. The van der Waals surface area contributed by atoms with Crippen LogP contribution in [0.2, 0.25) is 0 Å². The number of nitrogens with zero attached hydrogens (tertiary/aromatic N) is 2. The third-order valence-corrected chi connectivity index (χ3v) is 5.26. The van der Waals surface area contributed by atoms with Gasteiger partial charge in [-0.25, -0.2) is 0 Å². The van der Waals surface area contributed by atoms with E-state index in [0.29, 0.717) is 36.2 Å². The van der Waals surface area contributed by atoms with Gasteiger partial charge < -0.3 is 19.3 Å². The predicted octanol–water partition coefficient (Wildman–Crippen LogP) is 3.66. The lowest BCUT2D eigenvalue weighted by Gasteiger charge is -2.22. The Morgan fingerprint density at radius 1 is 1.33 bits per heavy atom. The number of amides is 1. The molecule has 1 unspecified atom stereocenters. The zero-order chi connectivity index (χ0) is 18.6. The highest BCUT2D eigenvalue weighted by molar-refractivity contribution is 7.10. The number of aromatic nitrogens is 2. The van der Waals surface area contributed by atoms with Crippen LogP contribution in [0.3, 0.4) is 0 Å². The zero-order valence-corrected chi connectivity index (χ0v) is 15.6. The van der Waals surface area contributed by atoms with Gasteiger partial charge in [-0.1, -0.05) is 5.16 Å². The molecule has 0 spiro atoms. The van der Waals surface area contributed by atoms with Crippen LogP contribution in [0.25, 0.3) is 0 Å². The minimum absolute atomic E-state index is 0.0729. The summed E-state index contributed by atoms with van der Waals surface area (Å²) in [5.74, 6) is 1.58. The van der Waals surface area contributed by atoms with Crippen molar-refractivity contribution < 1.29 is 18.8 Å². The fourth-order valence-corrected chi connectivity index (χ4v) is 3.94. The molecule has 0 saturated heterocycles. The van der Waals surface area contributed by atoms with Gasteiger partial charge in [0.25, 0.3) is 5.89 Å². The van der Waals surface area contributed by atoms with E-state index in [1.807, 2.05) is 0 Å². The molecule has 0 bridgehead atoms. The van der Waals surface area contributed by atoms with Crippen LogP contribution in [0.5, 0.6) is 5.75 Å². The summed E-state index contributed by atoms with van der Waals surface area (Å²) < 4.78 is 16.4. The van der Waals surface area contributed by atoms with E-state index >= 15 is 0 Å². The molecular weight excluding hydrogens is 366 g/mol. The van der Waals surface area contributed by atoms with E-state index in [0.717, 1.165) is 11.3 Å². The Labute approximate surface area is 160 Å². The summed E-state index contributed by atoms with van der Waals surface area (Å²) in [4.78, 5) is 17.6. The minimum Gasteiger partial charge on any atom is -0.484 e. The molecule has 7 nitrogen and oxygen atoms in total. The number of hydrogen-bond acceptors (Lipinski definition) is 7. The second kappa shape index (κ2) is 7.89. The van der Waals surface area contributed by atoms with E-state index in [-0.39, 0.29) is 18.6 Å². The standard InChI is InChI=1S/C19H19N3O4S/c1-12-20-18(26-22-12)11-25-15-4-2-14(3-5-15)21-17(23)10-16-19-13(6-8-24-16)7-9-27-19/h2-5,7,9,16H,6,8,10-11H2,1H3,(H,21,23). The maximum absolute atomic E-state index is 12.4. The van der Waals surface area contributed by atoms with Crippen molar-refractivity contribution in [2.24, 2.45) is 0 Å². The second-order valence-electron chi connectivity index (χ2n) is 6.22. The highest BCUT2D eigenvalue weighted by atomic mass is 32.1. The summed E-state index contributed by atoms with van der Waals surface area (Å²) in [7, 11) is 0. The fraction of sp³-hybridized carbons (Fsp3) is 0.316. The molecule has 3 heterocycles. The number of fused-ring (bicyclic) bond motifs is 1. The van der Waals surface area contributed by atoms with Crippen molar-refractivity contribution in [2.45, 2.75) is 32.5 Å². The summed E-state index contributed by atoms with van der Waals surface area (Å²) in [6.07, 6.45) is 1.07. The van der Waals surface area contributed by atoms with Crippen LogP contribution in [0.15, 0.2) is 40.2 Å². The summed E-state index contributed by atoms with van der Waals surface area (Å²) in [6.45, 7) is 2.62. The molecule has 1 aromatic carbocycles. The van der Waals surface area contributed by atoms with Gasteiger partial charge in [-0.05, 0) is 54.6 Å². The summed E-state index contributed by atoms with van der Waals surface area (Å²) in [6, 6.07) is 9.28. The quantitative estimate of drug-likeness (QED) is 0.697. The monoisotopic (exact) mass is 385 g/mol. The maximum Gasteiger partial charge on any atom is 0.264 e. The first kappa shape index (κ1) is 17.7. The number of hydrogen-bond donors (Lipinski definition) is 1. The van der Waals surface area contributed by atoms with E-state index in [1.165, 1.54) is 5.56 Å². The van der Waals surface area contributed by atoms with Crippen LogP contribution in [0.4, 0.5) is 5.69 Å². The first-order valence-electron chi connectivity index (χ1n) is 8.67. The number of aryl methyl sites for hydroxylation is 1. The largest absolute Gasteiger partial charge is 0.484 e. The van der Waals surface area contributed by atoms with Gasteiger partial charge in [0, 0.05) is 10.6 Å². The van der Waals surface area contributed by atoms with Crippen molar-refractivity contribution in [1.82, 2.24) is 10.1 Å². The zero-order valence-electron chi connectivity index (χ0n) is 14.8. The molecule has 27 heavy (non-hydrogen) atoms. The molecule has 2 aromatic heterocycles. The van der Waals surface area contributed by atoms with Gasteiger partial charge in [0.15, 0.2) is 12.4 Å². The molecular formula is C19H19N3O4S. The summed E-state index contributed by atoms with van der Waals surface area (Å²) in [5, 5.41) is 8.67. The van der Waals surface area contributed by atoms with Gasteiger partial charge in [-0.3, -0.25) is 4.79 Å². The van der Waals surface area contributed by atoms with Crippen LogP contribution in [0, 0.1) is 6.92 Å². The topological polar surface area (TPSA) is 86.5 Å². The molecule has 1 atom stereocenters. The Bertz CT molecular complexity index is 919. The van der Waals surface area contributed by atoms with Gasteiger partial charge in [-0.2, -0.15) is 4.98 Å². The van der Waals surface area contributed by atoms with Crippen molar-refractivity contribution in [3.05, 3.63) is 57.9 Å². The van der Waals surface area contributed by atoms with Crippen LogP contribution >= 0.6 is 11.3 Å². The average Bonchev–Trinajstić information content (AvgIpc) is 3.30. The Morgan fingerprint density at radius 3 is 2.96 bits per heavy atom. The number of thiophene rings is 1. The SMILES string of the molecule is Cc1noc(COc2ccc(NC(=O)CC3OCCc4ccsc43)cc2)n1. The van der Waals surface area contributed by atoms with Crippen LogP contribution in [-0.2, 0) is 22.6 Å². The number of carbonyl (C=O) groups is 1. The van der Waals surface area contributed by atoms with E-state index in [4.69, 9.17) is 14.0 Å². The number of carbonyl (C=O) groups excluding carboxylic acids is 1. The number of rotatable bonds is 6. The molecule has 8 heteroatoms. The van der Waals surface area contributed by atoms with Crippen molar-refractivity contribution in [2.75, 3.05) is 11.9 Å². The number of nitrogens with one attached hydrogen (secondary N) is 1. The lowest BCUT2D eigenvalue weighted by atomic mass is 10.1. The highest BCUT2D eigenvalue weighted by Crippen LogP contribution is 2.34. The minimum atomic E-state index is -0.158. The van der Waals surface area contributed by atoms with E-state index < -0.39 is 0 Å². The van der Waals surface area contributed by atoms with Gasteiger partial charge in [0.1, 0.15) is 11.9 Å². The molecule has 0 saturated carbocycles. The Hall–Kier alpha value is -2.71. The van der Waals surface area contributed by atoms with Gasteiger partial charge in [-0.15, -0.1) is 11.3 Å². The molecule has 0 radical (unpaired) electrons. The van der Waals surface area contributed by atoms with E-state index in [1.54, 1.807) is 42.5 Å².